The Morgan fingerprint density at radius 3 is 2.27 bits per heavy atom. The fraction of sp³-hybridized carbons (Fsp3) is 0.538. The van der Waals surface area contributed by atoms with Gasteiger partial charge in [0.1, 0.15) is 0 Å². The number of halogens is 1. The minimum atomic E-state index is 0.865. The number of rotatable bonds is 5. The molecular weight excluding hydrogens is 206 g/mol. The molecule has 0 saturated carbocycles. The summed E-state index contributed by atoms with van der Waals surface area (Å²) in [5, 5.41) is 0.865. The number of benzene rings is 1. The Hall–Kier alpha value is -0.690. The third-order valence-corrected chi connectivity index (χ3v) is 2.98. The van der Waals surface area contributed by atoms with E-state index in [0.29, 0.717) is 0 Å². The molecule has 0 fully saturated rings. The van der Waals surface area contributed by atoms with Gasteiger partial charge in [0.05, 0.1) is 0 Å². The molecule has 0 spiro atoms. The van der Waals surface area contributed by atoms with E-state index < -0.39 is 0 Å². The maximum absolute atomic E-state index is 6.13. The molecule has 0 unspecified atom stereocenters. The van der Waals surface area contributed by atoms with E-state index in [1.54, 1.807) is 0 Å². The lowest BCUT2D eigenvalue weighted by Gasteiger charge is -2.25. The van der Waals surface area contributed by atoms with Gasteiger partial charge < -0.3 is 4.90 Å². The van der Waals surface area contributed by atoms with Crippen molar-refractivity contribution in [1.29, 1.82) is 0 Å². The van der Waals surface area contributed by atoms with Gasteiger partial charge >= 0.3 is 0 Å². The summed E-state index contributed by atoms with van der Waals surface area (Å²) >= 11 is 6.13. The van der Waals surface area contributed by atoms with Crippen molar-refractivity contribution in [2.24, 2.45) is 0 Å². The van der Waals surface area contributed by atoms with Crippen LogP contribution in [0.4, 0.5) is 5.69 Å². The van der Waals surface area contributed by atoms with Crippen LogP contribution in [-0.2, 0) is 0 Å². The van der Waals surface area contributed by atoms with Crippen molar-refractivity contribution in [2.45, 2.75) is 33.6 Å². The quantitative estimate of drug-likeness (QED) is 0.723. The van der Waals surface area contributed by atoms with Crippen molar-refractivity contribution >= 4 is 17.3 Å². The van der Waals surface area contributed by atoms with Crippen molar-refractivity contribution in [3.8, 4) is 0 Å². The predicted octanol–water partition coefficient (Wildman–Crippen LogP) is 4.27. The summed E-state index contributed by atoms with van der Waals surface area (Å²) in [6.07, 6.45) is 2.35. The summed E-state index contributed by atoms with van der Waals surface area (Å²) in [4.78, 5) is 2.42. The van der Waals surface area contributed by atoms with Crippen molar-refractivity contribution in [1.82, 2.24) is 0 Å². The Bertz CT molecular complexity index is 303. The highest BCUT2D eigenvalue weighted by molar-refractivity contribution is 6.31. The van der Waals surface area contributed by atoms with E-state index in [9.17, 15) is 0 Å². The third kappa shape index (κ3) is 3.13. The minimum absolute atomic E-state index is 0.865. The monoisotopic (exact) mass is 225 g/mol. The molecule has 0 aliphatic heterocycles. The zero-order valence-corrected chi connectivity index (χ0v) is 10.6. The number of hydrogen-bond acceptors (Lipinski definition) is 1. The molecular formula is C13H20ClN. The van der Waals surface area contributed by atoms with Crippen LogP contribution in [0.5, 0.6) is 0 Å². The highest BCUT2D eigenvalue weighted by Crippen LogP contribution is 2.26. The fourth-order valence-corrected chi connectivity index (χ4v) is 2.00. The first-order chi connectivity index (χ1) is 7.20. The molecule has 1 nitrogen and oxygen atoms in total. The number of hydrogen-bond donors (Lipinski definition) is 0. The van der Waals surface area contributed by atoms with Gasteiger partial charge in [0, 0.05) is 23.8 Å². The van der Waals surface area contributed by atoms with Crippen LogP contribution in [0.2, 0.25) is 5.02 Å². The zero-order valence-electron chi connectivity index (χ0n) is 9.89. The summed E-state index contributed by atoms with van der Waals surface area (Å²) in [5.74, 6) is 0. The molecule has 0 aliphatic rings. The van der Waals surface area contributed by atoms with Crippen molar-refractivity contribution in [3.63, 3.8) is 0 Å². The highest BCUT2D eigenvalue weighted by Gasteiger charge is 2.08. The topological polar surface area (TPSA) is 3.24 Å². The lowest BCUT2D eigenvalue weighted by atomic mass is 10.1. The minimum Gasteiger partial charge on any atom is -0.371 e. The Morgan fingerprint density at radius 2 is 1.73 bits per heavy atom. The van der Waals surface area contributed by atoms with Crippen molar-refractivity contribution in [3.05, 3.63) is 28.8 Å². The number of anilines is 1. The Morgan fingerprint density at radius 1 is 1.13 bits per heavy atom. The van der Waals surface area contributed by atoms with E-state index in [0.717, 1.165) is 18.1 Å². The van der Waals surface area contributed by atoms with Gasteiger partial charge in [0.25, 0.3) is 0 Å². The van der Waals surface area contributed by atoms with Gasteiger partial charge in [0.15, 0.2) is 0 Å². The lowest BCUT2D eigenvalue weighted by Crippen LogP contribution is -2.25. The van der Waals surface area contributed by atoms with Gasteiger partial charge in [0.2, 0.25) is 0 Å². The SMILES string of the molecule is CCCN(CCC)c1cccc(Cl)c1C. The van der Waals surface area contributed by atoms with Crippen LogP contribution in [-0.4, -0.2) is 13.1 Å². The summed E-state index contributed by atoms with van der Waals surface area (Å²) < 4.78 is 0. The molecule has 0 aromatic heterocycles. The highest BCUT2D eigenvalue weighted by atomic mass is 35.5. The summed E-state index contributed by atoms with van der Waals surface area (Å²) in [7, 11) is 0. The molecule has 0 heterocycles. The van der Waals surface area contributed by atoms with Gasteiger partial charge in [-0.1, -0.05) is 31.5 Å². The average molecular weight is 226 g/mol. The number of nitrogens with zero attached hydrogens (tertiary/aromatic N) is 1. The van der Waals surface area contributed by atoms with E-state index in [1.807, 2.05) is 12.1 Å². The molecule has 0 saturated heterocycles. The van der Waals surface area contributed by atoms with Gasteiger partial charge in [-0.25, -0.2) is 0 Å². The van der Waals surface area contributed by atoms with Crippen molar-refractivity contribution in [2.75, 3.05) is 18.0 Å². The molecule has 1 aromatic rings. The molecule has 0 N–H and O–H groups in total. The first kappa shape index (κ1) is 12.4. The molecule has 2 heteroatoms. The van der Waals surface area contributed by atoms with E-state index in [1.165, 1.54) is 24.1 Å². The molecule has 0 bridgehead atoms. The van der Waals surface area contributed by atoms with Gasteiger partial charge in [-0.3, -0.25) is 0 Å². The van der Waals surface area contributed by atoms with E-state index >= 15 is 0 Å². The van der Waals surface area contributed by atoms with Crippen LogP contribution >= 0.6 is 11.6 Å². The molecule has 0 atom stereocenters. The van der Waals surface area contributed by atoms with Crippen LogP contribution in [0, 0.1) is 6.92 Å². The summed E-state index contributed by atoms with van der Waals surface area (Å²) in [6, 6.07) is 6.14. The standard InChI is InChI=1S/C13H20ClN/c1-4-9-15(10-5-2)13-8-6-7-12(14)11(13)3/h6-8H,4-5,9-10H2,1-3H3. The largest absolute Gasteiger partial charge is 0.371 e. The molecule has 1 aromatic carbocycles. The predicted molar refractivity (Wildman–Crippen MR) is 69.0 cm³/mol. The molecule has 84 valence electrons. The fourth-order valence-electron chi connectivity index (χ4n) is 1.83. The van der Waals surface area contributed by atoms with E-state index in [-0.39, 0.29) is 0 Å². The first-order valence-electron chi connectivity index (χ1n) is 5.70. The normalized spacial score (nSPS) is 10.4. The smallest absolute Gasteiger partial charge is 0.0455 e. The van der Waals surface area contributed by atoms with Crippen molar-refractivity contribution < 1.29 is 0 Å². The first-order valence-corrected chi connectivity index (χ1v) is 6.08. The Balaban J connectivity index is 2.94. The van der Waals surface area contributed by atoms with Gasteiger partial charge in [-0.15, -0.1) is 0 Å². The van der Waals surface area contributed by atoms with E-state index in [4.69, 9.17) is 11.6 Å². The molecule has 15 heavy (non-hydrogen) atoms. The lowest BCUT2D eigenvalue weighted by molar-refractivity contribution is 0.743. The molecule has 0 aliphatic carbocycles. The summed E-state index contributed by atoms with van der Waals surface area (Å²) in [5.41, 5.74) is 2.48. The molecule has 1 rings (SSSR count). The Kier molecular flexibility index (Phi) is 4.97. The third-order valence-electron chi connectivity index (χ3n) is 2.57. The second-order valence-corrected chi connectivity index (χ2v) is 4.28. The van der Waals surface area contributed by atoms with Gasteiger partial charge in [-0.05, 0) is 37.5 Å². The van der Waals surface area contributed by atoms with E-state index in [2.05, 4.69) is 31.7 Å². The molecule has 0 radical (unpaired) electrons. The van der Waals surface area contributed by atoms with Crippen LogP contribution < -0.4 is 4.90 Å². The maximum atomic E-state index is 6.13. The molecule has 0 amide bonds. The van der Waals surface area contributed by atoms with Crippen LogP contribution in [0.1, 0.15) is 32.3 Å². The summed E-state index contributed by atoms with van der Waals surface area (Å²) in [6.45, 7) is 8.73. The second kappa shape index (κ2) is 6.02. The average Bonchev–Trinajstić information content (AvgIpc) is 2.22. The second-order valence-electron chi connectivity index (χ2n) is 3.87. The van der Waals surface area contributed by atoms with Crippen LogP contribution in [0.25, 0.3) is 0 Å². The van der Waals surface area contributed by atoms with Gasteiger partial charge in [-0.2, -0.15) is 0 Å². The maximum Gasteiger partial charge on any atom is 0.0455 e. The zero-order chi connectivity index (χ0) is 11.3. The Labute approximate surface area is 98.0 Å². The van der Waals surface area contributed by atoms with Crippen LogP contribution in [0.15, 0.2) is 18.2 Å². The van der Waals surface area contributed by atoms with Crippen LogP contribution in [0.3, 0.4) is 0 Å².